The van der Waals surface area contributed by atoms with Crippen LogP contribution < -0.4 is 0 Å². The highest BCUT2D eigenvalue weighted by molar-refractivity contribution is 5.71. The number of aliphatic hydroxyl groups is 1. The zero-order valence-corrected chi connectivity index (χ0v) is 10.7. The van der Waals surface area contributed by atoms with E-state index in [4.69, 9.17) is 0 Å². The molecule has 0 aliphatic carbocycles. The minimum absolute atomic E-state index is 0.0856. The number of aliphatic carboxylic acids is 1. The summed E-state index contributed by atoms with van der Waals surface area (Å²) in [5, 5.41) is 18.6. The smallest absolute Gasteiger partial charge is 0.307 e. The normalized spacial score (nSPS) is 17.3. The van der Waals surface area contributed by atoms with E-state index in [2.05, 4.69) is 0 Å². The quantitative estimate of drug-likeness (QED) is 0.761. The number of aliphatic hydroxyl groups excluding tert-OH is 1. The van der Waals surface area contributed by atoms with E-state index in [1.165, 1.54) is 0 Å². The van der Waals surface area contributed by atoms with Gasteiger partial charge in [-0.3, -0.25) is 4.79 Å². The molecule has 15 heavy (non-hydrogen) atoms. The van der Waals surface area contributed by atoms with Crippen molar-refractivity contribution in [3.63, 3.8) is 0 Å². The van der Waals surface area contributed by atoms with Crippen LogP contribution in [0.4, 0.5) is 0 Å². The van der Waals surface area contributed by atoms with Crippen LogP contribution in [0.5, 0.6) is 0 Å². The maximum Gasteiger partial charge on any atom is 0.307 e. The lowest BCUT2D eigenvalue weighted by atomic mass is 9.64. The Labute approximate surface area is 92.5 Å². The second kappa shape index (κ2) is 4.52. The lowest BCUT2D eigenvalue weighted by molar-refractivity contribution is -0.152. The van der Waals surface area contributed by atoms with Gasteiger partial charge in [-0.15, -0.1) is 0 Å². The molecule has 0 aromatic rings. The molecule has 0 rings (SSSR count). The first kappa shape index (κ1) is 14.4. The van der Waals surface area contributed by atoms with Crippen LogP contribution in [0.25, 0.3) is 0 Å². The average Bonchev–Trinajstić information content (AvgIpc) is 1.93. The molecule has 0 aliphatic heterocycles. The topological polar surface area (TPSA) is 57.5 Å². The Morgan fingerprint density at radius 3 is 1.53 bits per heavy atom. The highest BCUT2D eigenvalue weighted by Gasteiger charge is 2.42. The summed E-state index contributed by atoms with van der Waals surface area (Å²) in [6, 6.07) is 0. The fourth-order valence-corrected chi connectivity index (χ4v) is 2.03. The van der Waals surface area contributed by atoms with Crippen molar-refractivity contribution in [3.05, 3.63) is 0 Å². The minimum atomic E-state index is -0.823. The Bertz CT molecular complexity index is 220. The molecule has 2 unspecified atom stereocenters. The van der Waals surface area contributed by atoms with Crippen LogP contribution in [0.2, 0.25) is 0 Å². The van der Waals surface area contributed by atoms with Crippen molar-refractivity contribution in [2.24, 2.45) is 22.7 Å². The summed E-state index contributed by atoms with van der Waals surface area (Å²) < 4.78 is 0. The van der Waals surface area contributed by atoms with Crippen molar-refractivity contribution in [1.29, 1.82) is 0 Å². The zero-order chi connectivity index (χ0) is 12.4. The van der Waals surface area contributed by atoms with Gasteiger partial charge in [0.05, 0.1) is 5.92 Å². The summed E-state index contributed by atoms with van der Waals surface area (Å²) >= 11 is 0. The van der Waals surface area contributed by atoms with Gasteiger partial charge in [0.2, 0.25) is 0 Å². The summed E-state index contributed by atoms with van der Waals surface area (Å²) in [5.41, 5.74) is -0.544. The molecule has 0 spiro atoms. The van der Waals surface area contributed by atoms with Crippen molar-refractivity contribution in [3.8, 4) is 0 Å². The van der Waals surface area contributed by atoms with Gasteiger partial charge in [0.15, 0.2) is 0 Å². The molecule has 0 aromatic heterocycles. The van der Waals surface area contributed by atoms with E-state index >= 15 is 0 Å². The fraction of sp³-hybridized carbons (Fsp3) is 0.917. The number of hydrogen-bond donors (Lipinski definition) is 2. The Balaban J connectivity index is 5.15. The van der Waals surface area contributed by atoms with Crippen LogP contribution in [0.1, 0.15) is 41.5 Å². The van der Waals surface area contributed by atoms with Gasteiger partial charge in [0.1, 0.15) is 0 Å². The maximum atomic E-state index is 11.3. The van der Waals surface area contributed by atoms with Crippen LogP contribution in [-0.4, -0.2) is 22.8 Å². The predicted molar refractivity (Wildman–Crippen MR) is 60.6 cm³/mol. The molecule has 3 nitrogen and oxygen atoms in total. The van der Waals surface area contributed by atoms with E-state index in [1.54, 1.807) is 0 Å². The molecule has 0 heterocycles. The fourth-order valence-electron chi connectivity index (χ4n) is 2.03. The summed E-state index contributed by atoms with van der Waals surface area (Å²) in [7, 11) is 0. The van der Waals surface area contributed by atoms with Crippen LogP contribution in [-0.2, 0) is 4.79 Å². The van der Waals surface area contributed by atoms with Gasteiger partial charge in [0, 0.05) is 12.5 Å². The molecule has 2 atom stereocenters. The SMILES string of the molecule is CC(C)(C)C(CO)C(C(=O)O)C(C)(C)C. The van der Waals surface area contributed by atoms with Gasteiger partial charge in [-0.05, 0) is 10.8 Å². The highest BCUT2D eigenvalue weighted by atomic mass is 16.4. The van der Waals surface area contributed by atoms with Gasteiger partial charge in [-0.1, -0.05) is 41.5 Å². The number of carboxylic acids is 1. The average molecular weight is 216 g/mol. The summed E-state index contributed by atoms with van der Waals surface area (Å²) in [6.07, 6.45) is 0. The van der Waals surface area contributed by atoms with Crippen molar-refractivity contribution < 1.29 is 15.0 Å². The van der Waals surface area contributed by atoms with Crippen LogP contribution in [0.15, 0.2) is 0 Å². The van der Waals surface area contributed by atoms with Gasteiger partial charge in [0.25, 0.3) is 0 Å². The molecule has 3 heteroatoms. The van der Waals surface area contributed by atoms with Crippen molar-refractivity contribution in [1.82, 2.24) is 0 Å². The Kier molecular flexibility index (Phi) is 4.35. The van der Waals surface area contributed by atoms with Gasteiger partial charge < -0.3 is 10.2 Å². The van der Waals surface area contributed by atoms with Crippen LogP contribution in [0, 0.1) is 22.7 Å². The Morgan fingerprint density at radius 1 is 1.07 bits per heavy atom. The molecular formula is C12H24O3. The highest BCUT2D eigenvalue weighted by Crippen LogP contribution is 2.41. The first-order valence-electron chi connectivity index (χ1n) is 5.35. The summed E-state index contributed by atoms with van der Waals surface area (Å²) in [5.74, 6) is -1.58. The van der Waals surface area contributed by atoms with E-state index in [9.17, 15) is 15.0 Å². The molecule has 0 amide bonds. The van der Waals surface area contributed by atoms with Gasteiger partial charge in [-0.25, -0.2) is 0 Å². The monoisotopic (exact) mass is 216 g/mol. The number of carboxylic acid groups (broad SMARTS) is 1. The first-order chi connectivity index (χ1) is 6.51. The minimum Gasteiger partial charge on any atom is -0.481 e. The zero-order valence-electron chi connectivity index (χ0n) is 10.7. The van der Waals surface area contributed by atoms with Crippen molar-refractivity contribution in [2.75, 3.05) is 6.61 Å². The third-order valence-electron chi connectivity index (χ3n) is 2.91. The molecular weight excluding hydrogens is 192 g/mol. The lowest BCUT2D eigenvalue weighted by Gasteiger charge is -2.40. The summed E-state index contributed by atoms with van der Waals surface area (Å²) in [4.78, 5) is 11.3. The second-order valence-electron chi connectivity index (χ2n) is 6.34. The third kappa shape index (κ3) is 3.82. The molecule has 0 saturated heterocycles. The van der Waals surface area contributed by atoms with E-state index in [0.29, 0.717) is 0 Å². The standard InChI is InChI=1S/C12H24O3/c1-11(2,3)8(7-13)9(10(14)15)12(4,5)6/h8-9,13H,7H2,1-6H3,(H,14,15). The predicted octanol–water partition coefficient (Wildman–Crippen LogP) is 2.39. The number of hydrogen-bond acceptors (Lipinski definition) is 2. The van der Waals surface area contributed by atoms with Gasteiger partial charge in [-0.2, -0.15) is 0 Å². The largest absolute Gasteiger partial charge is 0.481 e. The van der Waals surface area contributed by atoms with E-state index in [-0.39, 0.29) is 23.4 Å². The molecule has 0 aromatic carbocycles. The molecule has 0 aliphatic rings. The lowest BCUT2D eigenvalue weighted by Crippen LogP contribution is -2.42. The van der Waals surface area contributed by atoms with Crippen molar-refractivity contribution >= 4 is 5.97 Å². The van der Waals surface area contributed by atoms with Crippen LogP contribution in [0.3, 0.4) is 0 Å². The molecule has 0 fully saturated rings. The first-order valence-corrected chi connectivity index (χ1v) is 5.35. The Morgan fingerprint density at radius 2 is 1.47 bits per heavy atom. The maximum absolute atomic E-state index is 11.3. The molecule has 0 radical (unpaired) electrons. The molecule has 0 saturated carbocycles. The van der Waals surface area contributed by atoms with Crippen LogP contribution >= 0.6 is 0 Å². The van der Waals surface area contributed by atoms with E-state index in [1.807, 2.05) is 41.5 Å². The Hall–Kier alpha value is -0.570. The number of rotatable bonds is 3. The van der Waals surface area contributed by atoms with E-state index in [0.717, 1.165) is 0 Å². The van der Waals surface area contributed by atoms with E-state index < -0.39 is 11.9 Å². The molecule has 0 bridgehead atoms. The molecule has 2 N–H and O–H groups in total. The third-order valence-corrected chi connectivity index (χ3v) is 2.91. The van der Waals surface area contributed by atoms with Gasteiger partial charge >= 0.3 is 5.97 Å². The number of carbonyl (C=O) groups is 1. The molecule has 90 valence electrons. The van der Waals surface area contributed by atoms with Crippen molar-refractivity contribution in [2.45, 2.75) is 41.5 Å². The summed E-state index contributed by atoms with van der Waals surface area (Å²) in [6.45, 7) is 11.5. The second-order valence-corrected chi connectivity index (χ2v) is 6.34.